The van der Waals surface area contributed by atoms with E-state index >= 15 is 0 Å². The molecule has 0 amide bonds. The van der Waals surface area contributed by atoms with Crippen LogP contribution >= 0.6 is 35.3 Å². The number of fused-ring (bicyclic) bond motifs is 3. The summed E-state index contributed by atoms with van der Waals surface area (Å²) in [6.45, 7) is 0.891. The second-order valence-corrected chi connectivity index (χ2v) is 7.28. The van der Waals surface area contributed by atoms with Crippen LogP contribution in [0.5, 0.6) is 0 Å². The molecule has 2 fully saturated rings. The fraction of sp³-hybridized carbons (Fsp3) is 0.500. The topological polar surface area (TPSA) is 45.7 Å². The molecular formula is C18H24IN3OS. The van der Waals surface area contributed by atoms with E-state index < -0.39 is 0 Å². The van der Waals surface area contributed by atoms with Crippen LogP contribution in [0.2, 0.25) is 0 Å². The predicted molar refractivity (Wildman–Crippen MR) is 112 cm³/mol. The molecule has 24 heavy (non-hydrogen) atoms. The lowest BCUT2D eigenvalue weighted by Gasteiger charge is -2.22. The van der Waals surface area contributed by atoms with Crippen molar-refractivity contribution in [3.8, 4) is 0 Å². The molecule has 4 rings (SSSR count). The first kappa shape index (κ1) is 17.9. The van der Waals surface area contributed by atoms with Crippen molar-refractivity contribution in [3.63, 3.8) is 0 Å². The van der Waals surface area contributed by atoms with Gasteiger partial charge in [0.25, 0.3) is 0 Å². The molecule has 0 saturated carbocycles. The van der Waals surface area contributed by atoms with Gasteiger partial charge in [-0.3, -0.25) is 4.99 Å². The zero-order valence-electron chi connectivity index (χ0n) is 13.8. The highest BCUT2D eigenvalue weighted by Gasteiger charge is 2.41. The van der Waals surface area contributed by atoms with Gasteiger partial charge in [-0.1, -0.05) is 18.2 Å². The number of nitrogens with one attached hydrogen (secondary N) is 2. The average molecular weight is 457 g/mol. The van der Waals surface area contributed by atoms with Gasteiger partial charge in [-0.15, -0.1) is 35.3 Å². The highest BCUT2D eigenvalue weighted by Crippen LogP contribution is 2.34. The van der Waals surface area contributed by atoms with Crippen molar-refractivity contribution in [3.05, 3.63) is 35.2 Å². The lowest BCUT2D eigenvalue weighted by atomic mass is 9.96. The van der Waals surface area contributed by atoms with Crippen LogP contribution in [0.15, 0.2) is 34.6 Å². The summed E-state index contributed by atoms with van der Waals surface area (Å²) in [5, 5.41) is 10.6. The minimum absolute atomic E-state index is 0. The van der Waals surface area contributed by atoms with Crippen LogP contribution < -0.4 is 10.6 Å². The molecule has 2 aliphatic rings. The van der Waals surface area contributed by atoms with Crippen molar-refractivity contribution in [2.24, 2.45) is 4.99 Å². The Kier molecular flexibility index (Phi) is 5.99. The first-order valence-corrected chi connectivity index (χ1v) is 9.29. The third kappa shape index (κ3) is 3.70. The van der Waals surface area contributed by atoms with Crippen molar-refractivity contribution < 1.29 is 4.74 Å². The normalized spacial score (nSPS) is 25.7. The van der Waals surface area contributed by atoms with Crippen molar-refractivity contribution >= 4 is 51.4 Å². The van der Waals surface area contributed by atoms with Crippen LogP contribution in [0.25, 0.3) is 10.1 Å². The number of aliphatic imine (C=N–C) groups is 1. The monoisotopic (exact) mass is 457 g/mol. The zero-order valence-corrected chi connectivity index (χ0v) is 17.0. The zero-order chi connectivity index (χ0) is 15.6. The van der Waals surface area contributed by atoms with E-state index in [-0.39, 0.29) is 24.0 Å². The third-order valence-corrected chi connectivity index (χ3v) is 5.91. The van der Waals surface area contributed by atoms with Gasteiger partial charge in [0, 0.05) is 18.3 Å². The molecule has 3 atom stereocenters. The van der Waals surface area contributed by atoms with Gasteiger partial charge in [-0.05, 0) is 48.1 Å². The summed E-state index contributed by atoms with van der Waals surface area (Å²) < 4.78 is 7.26. The molecule has 3 heterocycles. The molecular weight excluding hydrogens is 433 g/mol. The minimum atomic E-state index is 0. The van der Waals surface area contributed by atoms with E-state index in [9.17, 15) is 0 Å². The Hall–Kier alpha value is -0.860. The standard InChI is InChI=1S/C18H23N3OS.HI/c1-19-18(21-15-10-13-6-7-16(15)22-13)20-9-8-12-11-23-17-5-3-2-4-14(12)17;/h2-5,11,13,15-16H,6-10H2,1H3,(H2,19,20,21);1H. The summed E-state index contributed by atoms with van der Waals surface area (Å²) in [7, 11) is 1.84. The van der Waals surface area contributed by atoms with Crippen LogP contribution in [-0.2, 0) is 11.2 Å². The number of nitrogens with zero attached hydrogens (tertiary/aromatic N) is 1. The number of rotatable bonds is 4. The Morgan fingerprint density at radius 1 is 1.33 bits per heavy atom. The van der Waals surface area contributed by atoms with E-state index in [4.69, 9.17) is 4.74 Å². The molecule has 3 unspecified atom stereocenters. The summed E-state index contributed by atoms with van der Waals surface area (Å²) in [6.07, 6.45) is 5.37. The quantitative estimate of drug-likeness (QED) is 0.420. The maximum Gasteiger partial charge on any atom is 0.191 e. The van der Waals surface area contributed by atoms with Crippen molar-refractivity contribution in [2.45, 2.75) is 43.9 Å². The first-order chi connectivity index (χ1) is 11.3. The predicted octanol–water partition coefficient (Wildman–Crippen LogP) is 3.55. The van der Waals surface area contributed by atoms with Crippen molar-refractivity contribution in [2.75, 3.05) is 13.6 Å². The molecule has 2 aliphatic heterocycles. The minimum Gasteiger partial charge on any atom is -0.373 e. The second-order valence-electron chi connectivity index (χ2n) is 6.37. The third-order valence-electron chi connectivity index (χ3n) is 4.90. The summed E-state index contributed by atoms with van der Waals surface area (Å²) in [4.78, 5) is 4.36. The fourth-order valence-electron chi connectivity index (χ4n) is 3.70. The van der Waals surface area contributed by atoms with Crippen LogP contribution in [0, 0.1) is 0 Å². The lowest BCUT2D eigenvalue weighted by molar-refractivity contribution is 0.0992. The number of ether oxygens (including phenoxy) is 1. The highest BCUT2D eigenvalue weighted by atomic mass is 127. The van der Waals surface area contributed by atoms with Crippen LogP contribution in [0.4, 0.5) is 0 Å². The summed E-state index contributed by atoms with van der Waals surface area (Å²) in [5.41, 5.74) is 1.41. The number of hydrogen-bond acceptors (Lipinski definition) is 3. The first-order valence-electron chi connectivity index (χ1n) is 8.41. The van der Waals surface area contributed by atoms with Gasteiger partial charge < -0.3 is 15.4 Å². The Balaban J connectivity index is 0.00000169. The maximum atomic E-state index is 5.90. The smallest absolute Gasteiger partial charge is 0.191 e. The summed E-state index contributed by atoms with van der Waals surface area (Å²) >= 11 is 1.82. The molecule has 0 radical (unpaired) electrons. The van der Waals surface area contributed by atoms with Gasteiger partial charge in [0.15, 0.2) is 5.96 Å². The Morgan fingerprint density at radius 3 is 2.96 bits per heavy atom. The maximum absolute atomic E-state index is 5.90. The van der Waals surface area contributed by atoms with E-state index in [0.717, 1.165) is 25.3 Å². The Bertz CT molecular complexity index is 717. The van der Waals surface area contributed by atoms with Crippen molar-refractivity contribution in [1.82, 2.24) is 10.6 Å². The van der Waals surface area contributed by atoms with Gasteiger partial charge in [-0.25, -0.2) is 0 Å². The van der Waals surface area contributed by atoms with Crippen molar-refractivity contribution in [1.29, 1.82) is 0 Å². The van der Waals surface area contributed by atoms with Gasteiger partial charge in [0.1, 0.15) is 0 Å². The molecule has 2 N–H and O–H groups in total. The number of benzene rings is 1. The van der Waals surface area contributed by atoms with E-state index in [1.807, 2.05) is 18.4 Å². The van der Waals surface area contributed by atoms with Gasteiger partial charge in [0.2, 0.25) is 0 Å². The van der Waals surface area contributed by atoms with Crippen LogP contribution in [0.1, 0.15) is 24.8 Å². The molecule has 0 aliphatic carbocycles. The molecule has 2 aromatic rings. The highest BCUT2D eigenvalue weighted by molar-refractivity contribution is 14.0. The molecule has 0 spiro atoms. The van der Waals surface area contributed by atoms with E-state index in [1.165, 1.54) is 28.5 Å². The molecule has 2 bridgehead atoms. The SMILES string of the molecule is CN=C(NCCc1csc2ccccc12)NC1CC2CCC1O2.I. The largest absolute Gasteiger partial charge is 0.373 e. The number of guanidine groups is 1. The number of thiophene rings is 1. The van der Waals surface area contributed by atoms with Gasteiger partial charge in [-0.2, -0.15) is 0 Å². The second kappa shape index (κ2) is 8.01. The molecule has 1 aromatic heterocycles. The Labute approximate surface area is 164 Å². The number of halogens is 1. The van der Waals surface area contributed by atoms with E-state index in [2.05, 4.69) is 45.3 Å². The van der Waals surface area contributed by atoms with E-state index in [0.29, 0.717) is 18.2 Å². The summed E-state index contributed by atoms with van der Waals surface area (Å²) in [6, 6.07) is 9.03. The fourth-order valence-corrected chi connectivity index (χ4v) is 4.70. The molecule has 4 nitrogen and oxygen atoms in total. The van der Waals surface area contributed by atoms with Gasteiger partial charge >= 0.3 is 0 Å². The summed E-state index contributed by atoms with van der Waals surface area (Å²) in [5.74, 6) is 0.894. The molecule has 1 aromatic carbocycles. The Morgan fingerprint density at radius 2 is 2.21 bits per heavy atom. The van der Waals surface area contributed by atoms with E-state index in [1.54, 1.807) is 0 Å². The number of hydrogen-bond donors (Lipinski definition) is 2. The molecule has 2 saturated heterocycles. The van der Waals surface area contributed by atoms with Crippen LogP contribution in [0.3, 0.4) is 0 Å². The lowest BCUT2D eigenvalue weighted by Crippen LogP contribution is -2.47. The van der Waals surface area contributed by atoms with Gasteiger partial charge in [0.05, 0.1) is 18.2 Å². The molecule has 130 valence electrons. The molecule has 6 heteroatoms. The average Bonchev–Trinajstić information content (AvgIpc) is 3.29. The van der Waals surface area contributed by atoms with Crippen LogP contribution in [-0.4, -0.2) is 37.8 Å².